The number of rotatable bonds is 4. The van der Waals surface area contributed by atoms with Crippen molar-refractivity contribution >= 4 is 22.9 Å². The molecule has 0 radical (unpaired) electrons. The van der Waals surface area contributed by atoms with Crippen molar-refractivity contribution in [3.8, 4) is 0 Å². The van der Waals surface area contributed by atoms with E-state index in [1.165, 1.54) is 12.7 Å². The molecule has 0 bridgehead atoms. The van der Waals surface area contributed by atoms with Gasteiger partial charge in [-0.15, -0.1) is 0 Å². The van der Waals surface area contributed by atoms with Gasteiger partial charge >= 0.3 is 0 Å². The summed E-state index contributed by atoms with van der Waals surface area (Å²) in [6.07, 6.45) is 1.26. The minimum absolute atomic E-state index is 0. The second-order valence-electron chi connectivity index (χ2n) is 5.98. The number of ether oxygens (including phenoxy) is 1. The van der Waals surface area contributed by atoms with Gasteiger partial charge in [-0.3, -0.25) is 9.36 Å². The summed E-state index contributed by atoms with van der Waals surface area (Å²) < 4.78 is 7.30. The Kier molecular flexibility index (Phi) is 5.42. The molecule has 1 aliphatic heterocycles. The van der Waals surface area contributed by atoms with Crippen LogP contribution in [0.3, 0.4) is 0 Å². The molecule has 0 aliphatic carbocycles. The topological polar surface area (TPSA) is 154 Å². The molecule has 1 amide bonds. The van der Waals surface area contributed by atoms with Gasteiger partial charge in [-0.25, -0.2) is 15.0 Å². The van der Waals surface area contributed by atoms with Crippen LogP contribution in [0.15, 0.2) is 43.0 Å². The number of imidazole rings is 1. The van der Waals surface area contributed by atoms with Crippen LogP contribution in [0.2, 0.25) is 0 Å². The zero-order valence-corrected chi connectivity index (χ0v) is 14.2. The van der Waals surface area contributed by atoms with Crippen molar-refractivity contribution < 1.29 is 25.2 Å². The molecule has 1 saturated heterocycles. The molecule has 3 aromatic rings. The molecule has 10 heteroatoms. The summed E-state index contributed by atoms with van der Waals surface area (Å²) in [5.74, 6) is -0.00658. The van der Waals surface area contributed by atoms with E-state index >= 15 is 0 Å². The largest absolute Gasteiger partial charge is 0.412 e. The molecule has 5 N–H and O–H groups in total. The predicted molar refractivity (Wildman–Crippen MR) is 95.0 cm³/mol. The Morgan fingerprint density at radius 2 is 2.04 bits per heavy atom. The number of amides is 1. The first-order chi connectivity index (χ1) is 12.7. The van der Waals surface area contributed by atoms with Crippen LogP contribution in [0.1, 0.15) is 23.0 Å². The predicted octanol–water partition coefficient (Wildman–Crippen LogP) is -0.105. The fraction of sp³-hybridized carbons (Fsp3) is 0.294. The summed E-state index contributed by atoms with van der Waals surface area (Å²) in [5.41, 5.74) is 1.40. The molecular formula is C17H19N5O5. The Hall–Kier alpha value is -2.92. The summed E-state index contributed by atoms with van der Waals surface area (Å²) >= 11 is 0. The van der Waals surface area contributed by atoms with E-state index < -0.39 is 18.4 Å². The molecule has 4 rings (SSSR count). The summed E-state index contributed by atoms with van der Waals surface area (Å²) in [7, 11) is 0. The summed E-state index contributed by atoms with van der Waals surface area (Å²) in [6, 6.07) is 8.79. The number of hydrogen-bond acceptors (Lipinski definition) is 7. The maximum absolute atomic E-state index is 12.4. The first-order valence-electron chi connectivity index (χ1n) is 8.15. The lowest BCUT2D eigenvalue weighted by Gasteiger charge is -2.13. The summed E-state index contributed by atoms with van der Waals surface area (Å²) in [6.45, 7) is -0.266. The van der Waals surface area contributed by atoms with Crippen molar-refractivity contribution in [1.29, 1.82) is 0 Å². The number of nitrogens with zero attached hydrogens (tertiary/aromatic N) is 4. The molecule has 0 saturated carbocycles. The number of hydrogen-bond donors (Lipinski definition) is 3. The average molecular weight is 373 g/mol. The van der Waals surface area contributed by atoms with Gasteiger partial charge in [0.05, 0.1) is 19.0 Å². The Morgan fingerprint density at radius 1 is 1.26 bits per heavy atom. The van der Waals surface area contributed by atoms with Gasteiger partial charge in [0.15, 0.2) is 17.0 Å². The van der Waals surface area contributed by atoms with E-state index in [0.29, 0.717) is 29.0 Å². The van der Waals surface area contributed by atoms with Gasteiger partial charge in [0.2, 0.25) is 0 Å². The first kappa shape index (κ1) is 18.9. The van der Waals surface area contributed by atoms with Crippen LogP contribution in [0.25, 0.3) is 11.2 Å². The van der Waals surface area contributed by atoms with Gasteiger partial charge in [-0.05, 0) is 12.1 Å². The number of carbonyl (C=O) groups excluding carboxylic acids is 1. The maximum atomic E-state index is 12.4. The highest BCUT2D eigenvalue weighted by molar-refractivity contribution is 6.06. The van der Waals surface area contributed by atoms with E-state index in [4.69, 9.17) is 4.74 Å². The fourth-order valence-electron chi connectivity index (χ4n) is 2.97. The van der Waals surface area contributed by atoms with E-state index in [-0.39, 0.29) is 18.0 Å². The number of benzene rings is 1. The highest BCUT2D eigenvalue weighted by Gasteiger charge is 2.35. The first-order valence-corrected chi connectivity index (χ1v) is 8.15. The Morgan fingerprint density at radius 3 is 2.74 bits per heavy atom. The lowest BCUT2D eigenvalue weighted by Crippen LogP contribution is -2.24. The van der Waals surface area contributed by atoms with Crippen molar-refractivity contribution in [3.05, 3.63) is 48.5 Å². The van der Waals surface area contributed by atoms with E-state index in [1.807, 2.05) is 6.07 Å². The Labute approximate surface area is 153 Å². The van der Waals surface area contributed by atoms with Gasteiger partial charge in [0.25, 0.3) is 5.91 Å². The van der Waals surface area contributed by atoms with Gasteiger partial charge in [-0.2, -0.15) is 0 Å². The van der Waals surface area contributed by atoms with Crippen molar-refractivity contribution in [2.75, 3.05) is 11.9 Å². The van der Waals surface area contributed by atoms with Crippen molar-refractivity contribution in [3.63, 3.8) is 0 Å². The van der Waals surface area contributed by atoms with Crippen LogP contribution in [0.4, 0.5) is 5.82 Å². The minimum Gasteiger partial charge on any atom is -0.412 e. The SMILES string of the molecule is O.O=C(Nc1ncnc2c1ncn2C1C[C@@H](O)C(CO)O1)c1ccccc1. The standard InChI is InChI=1S/C17H17N5O4.H2O/c23-7-12-11(24)6-13(26-12)22-9-20-14-15(18-8-19-16(14)22)21-17(25)10-4-2-1-3-5-10;/h1-5,8-9,11-13,23-24H,6-7H2,(H,18,19,21,25);1H2/t11-,12?,13?;/m1./s1. The number of fused-ring (bicyclic) bond motifs is 1. The third-order valence-electron chi connectivity index (χ3n) is 4.32. The number of anilines is 1. The highest BCUT2D eigenvalue weighted by atomic mass is 16.5. The summed E-state index contributed by atoms with van der Waals surface area (Å²) in [5, 5.41) is 21.9. The van der Waals surface area contributed by atoms with Crippen LogP contribution >= 0.6 is 0 Å². The third-order valence-corrected chi connectivity index (χ3v) is 4.32. The van der Waals surface area contributed by atoms with Crippen LogP contribution < -0.4 is 5.32 Å². The van der Waals surface area contributed by atoms with Crippen LogP contribution in [-0.2, 0) is 4.74 Å². The van der Waals surface area contributed by atoms with Crippen LogP contribution in [0, 0.1) is 0 Å². The second kappa shape index (κ2) is 7.76. The number of aliphatic hydroxyl groups excluding tert-OH is 2. The van der Waals surface area contributed by atoms with Crippen molar-refractivity contribution in [2.45, 2.75) is 24.9 Å². The number of aliphatic hydroxyl groups is 2. The van der Waals surface area contributed by atoms with Gasteiger partial charge in [0, 0.05) is 12.0 Å². The third kappa shape index (κ3) is 3.51. The van der Waals surface area contributed by atoms with Crippen molar-refractivity contribution in [1.82, 2.24) is 19.5 Å². The van der Waals surface area contributed by atoms with Crippen LogP contribution in [-0.4, -0.2) is 59.9 Å². The molecule has 1 fully saturated rings. The molecule has 1 aromatic carbocycles. The quantitative estimate of drug-likeness (QED) is 0.576. The zero-order chi connectivity index (χ0) is 18.1. The fourth-order valence-corrected chi connectivity index (χ4v) is 2.97. The lowest BCUT2D eigenvalue weighted by molar-refractivity contribution is -0.0432. The van der Waals surface area contributed by atoms with Crippen molar-refractivity contribution in [2.24, 2.45) is 0 Å². The summed E-state index contributed by atoms with van der Waals surface area (Å²) in [4.78, 5) is 25.0. The molecule has 2 aromatic heterocycles. The number of nitrogens with one attached hydrogen (secondary N) is 1. The monoisotopic (exact) mass is 373 g/mol. The van der Waals surface area contributed by atoms with Gasteiger partial charge < -0.3 is 25.7 Å². The zero-order valence-electron chi connectivity index (χ0n) is 14.2. The van der Waals surface area contributed by atoms with E-state index in [1.54, 1.807) is 28.8 Å². The highest BCUT2D eigenvalue weighted by Crippen LogP contribution is 2.31. The van der Waals surface area contributed by atoms with Crippen LogP contribution in [0.5, 0.6) is 0 Å². The van der Waals surface area contributed by atoms with E-state index in [9.17, 15) is 15.0 Å². The van der Waals surface area contributed by atoms with E-state index in [2.05, 4.69) is 20.3 Å². The Balaban J connectivity index is 0.00000210. The molecule has 3 heterocycles. The molecular weight excluding hydrogens is 354 g/mol. The molecule has 3 atom stereocenters. The van der Waals surface area contributed by atoms with Gasteiger partial charge in [0.1, 0.15) is 18.7 Å². The molecule has 2 unspecified atom stereocenters. The maximum Gasteiger partial charge on any atom is 0.256 e. The lowest BCUT2D eigenvalue weighted by atomic mass is 10.2. The molecule has 1 aliphatic rings. The van der Waals surface area contributed by atoms with E-state index in [0.717, 1.165) is 0 Å². The van der Waals surface area contributed by atoms with Gasteiger partial charge in [-0.1, -0.05) is 18.2 Å². The molecule has 10 nitrogen and oxygen atoms in total. The average Bonchev–Trinajstić information content (AvgIpc) is 3.26. The molecule has 142 valence electrons. The number of carbonyl (C=O) groups is 1. The minimum atomic E-state index is -0.762. The second-order valence-corrected chi connectivity index (χ2v) is 5.98. The molecule has 0 spiro atoms. The molecule has 27 heavy (non-hydrogen) atoms. The number of aromatic nitrogens is 4. The Bertz CT molecular complexity index is 932. The normalized spacial score (nSPS) is 21.8. The smallest absolute Gasteiger partial charge is 0.256 e.